The van der Waals surface area contributed by atoms with Gasteiger partial charge in [0.25, 0.3) is 5.91 Å². The molecule has 144 valence electrons. The lowest BCUT2D eigenvalue weighted by Gasteiger charge is -2.28. The lowest BCUT2D eigenvalue weighted by Crippen LogP contribution is -2.47. The summed E-state index contributed by atoms with van der Waals surface area (Å²) in [5, 5.41) is 0. The van der Waals surface area contributed by atoms with Crippen LogP contribution in [0.3, 0.4) is 0 Å². The molecule has 2 aliphatic carbocycles. The molecule has 2 heterocycles. The van der Waals surface area contributed by atoms with Crippen LogP contribution in [0.5, 0.6) is 5.75 Å². The molecule has 1 spiro atoms. The molecule has 5 rings (SSSR count). The highest BCUT2D eigenvalue weighted by Gasteiger charge is 2.60. The predicted octanol–water partition coefficient (Wildman–Crippen LogP) is 2.95. The Morgan fingerprint density at radius 2 is 2.11 bits per heavy atom. The van der Waals surface area contributed by atoms with Crippen LogP contribution in [0.25, 0.3) is 0 Å². The Bertz CT molecular complexity index is 788. The van der Waals surface area contributed by atoms with Crippen LogP contribution in [-0.4, -0.2) is 53.8 Å². The first-order chi connectivity index (χ1) is 13.1. The van der Waals surface area contributed by atoms with Crippen molar-refractivity contribution in [1.82, 2.24) is 9.80 Å². The highest BCUT2D eigenvalue weighted by atomic mass is 16.5. The lowest BCUT2D eigenvalue weighted by molar-refractivity contribution is -0.132. The van der Waals surface area contributed by atoms with Gasteiger partial charge in [0.15, 0.2) is 0 Å². The highest BCUT2D eigenvalue weighted by molar-refractivity contribution is 6.07. The Balaban J connectivity index is 1.32. The van der Waals surface area contributed by atoms with Crippen molar-refractivity contribution in [3.63, 3.8) is 0 Å². The molecule has 1 amide bonds. The molecule has 0 N–H and O–H groups in total. The van der Waals surface area contributed by atoms with Crippen LogP contribution in [-0.2, 0) is 11.3 Å². The molecule has 1 aromatic rings. The van der Waals surface area contributed by atoms with E-state index in [4.69, 9.17) is 9.73 Å². The number of benzene rings is 1. The summed E-state index contributed by atoms with van der Waals surface area (Å²) in [6.07, 6.45) is 4.60. The minimum absolute atomic E-state index is 0.294. The Kier molecular flexibility index (Phi) is 4.04. The van der Waals surface area contributed by atoms with Crippen molar-refractivity contribution in [1.29, 1.82) is 0 Å². The topological polar surface area (TPSA) is 45.1 Å². The van der Waals surface area contributed by atoms with Gasteiger partial charge < -0.3 is 4.74 Å². The standard InChI is InChI=1S/C22H29N3O2/c1-15-23-22(21(26)25(15)12-16-6-7-16)9-8-18-13-24(14-20(18)22)11-17-4-3-5-19(10-17)27-2/h3-5,10,16,18,20H,6-9,11-14H2,1-2H3/t18-,20+,22-/m1/s1. The first kappa shape index (κ1) is 17.2. The summed E-state index contributed by atoms with van der Waals surface area (Å²) in [7, 11) is 1.71. The van der Waals surface area contributed by atoms with E-state index in [1.54, 1.807) is 7.11 Å². The van der Waals surface area contributed by atoms with E-state index in [9.17, 15) is 4.79 Å². The van der Waals surface area contributed by atoms with Gasteiger partial charge in [0.2, 0.25) is 0 Å². The monoisotopic (exact) mass is 367 g/mol. The minimum atomic E-state index is -0.466. The Hall–Kier alpha value is -1.88. The third kappa shape index (κ3) is 2.87. The van der Waals surface area contributed by atoms with Gasteiger partial charge in [-0.2, -0.15) is 0 Å². The maximum absolute atomic E-state index is 13.4. The number of rotatable bonds is 5. The molecule has 3 fully saturated rings. The zero-order chi connectivity index (χ0) is 18.6. The first-order valence-corrected chi connectivity index (χ1v) is 10.3. The van der Waals surface area contributed by atoms with Gasteiger partial charge in [-0.15, -0.1) is 0 Å². The Morgan fingerprint density at radius 3 is 2.89 bits per heavy atom. The zero-order valence-electron chi connectivity index (χ0n) is 16.4. The van der Waals surface area contributed by atoms with Gasteiger partial charge in [0.1, 0.15) is 17.1 Å². The SMILES string of the molecule is COc1cccc(CN2C[C@H]3CC[C@@]4(N=C(C)N(CC5CC5)C4=O)[C@H]3C2)c1. The number of hydrogen-bond donors (Lipinski definition) is 0. The van der Waals surface area contributed by atoms with E-state index in [1.165, 1.54) is 18.4 Å². The number of fused-ring (bicyclic) bond motifs is 2. The van der Waals surface area contributed by atoms with Crippen molar-refractivity contribution in [2.45, 2.75) is 44.7 Å². The fraction of sp³-hybridized carbons (Fsp3) is 0.636. The minimum Gasteiger partial charge on any atom is -0.497 e. The smallest absolute Gasteiger partial charge is 0.256 e. The molecule has 4 aliphatic rings. The van der Waals surface area contributed by atoms with Crippen LogP contribution in [0.1, 0.15) is 38.2 Å². The van der Waals surface area contributed by atoms with Crippen molar-refractivity contribution in [3.05, 3.63) is 29.8 Å². The third-order valence-electron chi connectivity index (χ3n) is 7.07. The van der Waals surface area contributed by atoms with E-state index in [0.29, 0.717) is 23.7 Å². The number of carbonyl (C=O) groups excluding carboxylic acids is 1. The van der Waals surface area contributed by atoms with E-state index >= 15 is 0 Å². The maximum Gasteiger partial charge on any atom is 0.256 e. The largest absolute Gasteiger partial charge is 0.497 e. The maximum atomic E-state index is 13.4. The molecule has 0 bridgehead atoms. The fourth-order valence-electron chi connectivity index (χ4n) is 5.50. The number of aliphatic imine (C=N–C) groups is 1. The summed E-state index contributed by atoms with van der Waals surface area (Å²) in [6.45, 7) is 5.89. The van der Waals surface area contributed by atoms with Crippen molar-refractivity contribution in [2.24, 2.45) is 22.7 Å². The fourth-order valence-corrected chi connectivity index (χ4v) is 5.50. The van der Waals surface area contributed by atoms with Crippen molar-refractivity contribution in [2.75, 3.05) is 26.7 Å². The summed E-state index contributed by atoms with van der Waals surface area (Å²) in [5.74, 6) is 3.83. The van der Waals surface area contributed by atoms with Crippen molar-refractivity contribution < 1.29 is 9.53 Å². The van der Waals surface area contributed by atoms with Crippen LogP contribution in [0.4, 0.5) is 0 Å². The summed E-state index contributed by atoms with van der Waals surface area (Å²) in [5.41, 5.74) is 0.809. The number of ether oxygens (including phenoxy) is 1. The molecule has 0 radical (unpaired) electrons. The second kappa shape index (κ2) is 6.33. The van der Waals surface area contributed by atoms with Crippen LogP contribution in [0.15, 0.2) is 29.3 Å². The average Bonchev–Trinajstić information content (AvgIpc) is 3.24. The third-order valence-corrected chi connectivity index (χ3v) is 7.07. The number of carbonyl (C=O) groups is 1. The van der Waals surface area contributed by atoms with Gasteiger partial charge in [-0.05, 0) is 62.1 Å². The normalized spacial score (nSPS) is 33.0. The quantitative estimate of drug-likeness (QED) is 0.804. The van der Waals surface area contributed by atoms with Gasteiger partial charge in [-0.25, -0.2) is 0 Å². The second-order valence-electron chi connectivity index (χ2n) is 8.89. The highest BCUT2D eigenvalue weighted by Crippen LogP contribution is 2.51. The molecular formula is C22H29N3O2. The van der Waals surface area contributed by atoms with Crippen LogP contribution in [0, 0.1) is 17.8 Å². The second-order valence-corrected chi connectivity index (χ2v) is 8.89. The van der Waals surface area contributed by atoms with E-state index < -0.39 is 5.54 Å². The molecule has 5 nitrogen and oxygen atoms in total. The molecule has 0 aromatic heterocycles. The van der Waals surface area contributed by atoms with Gasteiger partial charge in [-0.3, -0.25) is 19.6 Å². The molecule has 1 saturated heterocycles. The molecule has 2 saturated carbocycles. The number of likely N-dealkylation sites (tertiary alicyclic amines) is 1. The number of methoxy groups -OCH3 is 1. The van der Waals surface area contributed by atoms with E-state index in [-0.39, 0.29) is 0 Å². The van der Waals surface area contributed by atoms with E-state index in [2.05, 4.69) is 23.1 Å². The number of amides is 1. The summed E-state index contributed by atoms with van der Waals surface area (Å²) < 4.78 is 5.36. The summed E-state index contributed by atoms with van der Waals surface area (Å²) in [6, 6.07) is 8.31. The average molecular weight is 367 g/mol. The van der Waals surface area contributed by atoms with Crippen LogP contribution >= 0.6 is 0 Å². The summed E-state index contributed by atoms with van der Waals surface area (Å²) >= 11 is 0. The molecular weight excluding hydrogens is 338 g/mol. The molecule has 27 heavy (non-hydrogen) atoms. The molecule has 3 atom stereocenters. The van der Waals surface area contributed by atoms with Gasteiger partial charge in [-0.1, -0.05) is 12.1 Å². The van der Waals surface area contributed by atoms with Crippen molar-refractivity contribution >= 4 is 11.7 Å². The van der Waals surface area contributed by atoms with Crippen LogP contribution < -0.4 is 4.74 Å². The Labute approximate surface area is 161 Å². The van der Waals surface area contributed by atoms with E-state index in [1.807, 2.05) is 17.9 Å². The first-order valence-electron chi connectivity index (χ1n) is 10.3. The zero-order valence-corrected chi connectivity index (χ0v) is 16.4. The lowest BCUT2D eigenvalue weighted by atomic mass is 9.85. The summed E-state index contributed by atoms with van der Waals surface area (Å²) in [4.78, 5) is 22.9. The number of hydrogen-bond acceptors (Lipinski definition) is 4. The number of nitrogens with zero attached hydrogens (tertiary/aromatic N) is 3. The molecule has 5 heteroatoms. The van der Waals surface area contributed by atoms with Gasteiger partial charge in [0, 0.05) is 32.1 Å². The molecule has 0 unspecified atom stereocenters. The van der Waals surface area contributed by atoms with E-state index in [0.717, 1.165) is 50.6 Å². The van der Waals surface area contributed by atoms with Gasteiger partial charge in [0.05, 0.1) is 7.11 Å². The van der Waals surface area contributed by atoms with Crippen molar-refractivity contribution in [3.8, 4) is 5.75 Å². The molecule has 2 aliphatic heterocycles. The Morgan fingerprint density at radius 1 is 1.26 bits per heavy atom. The molecule has 1 aromatic carbocycles. The van der Waals surface area contributed by atoms with Crippen LogP contribution in [0.2, 0.25) is 0 Å². The number of amidine groups is 1. The predicted molar refractivity (Wildman–Crippen MR) is 105 cm³/mol. The van der Waals surface area contributed by atoms with Gasteiger partial charge >= 0.3 is 0 Å².